The minimum atomic E-state index is 0.0466. The molecule has 0 saturated heterocycles. The zero-order valence-corrected chi connectivity index (χ0v) is 12.2. The Hall–Kier alpha value is -1.47. The molecule has 108 valence electrons. The van der Waals surface area contributed by atoms with E-state index < -0.39 is 0 Å². The van der Waals surface area contributed by atoms with Crippen LogP contribution in [0.2, 0.25) is 0 Å². The van der Waals surface area contributed by atoms with Crippen LogP contribution >= 0.6 is 0 Å². The monoisotopic (exact) mass is 268 g/mol. The quantitative estimate of drug-likeness (QED) is 0.723. The van der Waals surface area contributed by atoms with Crippen molar-refractivity contribution in [1.82, 2.24) is 24.8 Å². The fraction of sp³-hybridized carbons (Fsp3) is 0.750. The van der Waals surface area contributed by atoms with Gasteiger partial charge in [-0.05, 0) is 27.9 Å². The third-order valence-electron chi connectivity index (χ3n) is 2.91. The number of likely N-dealkylation sites (N-methyl/N-ethyl adjacent to an activating group) is 2. The molecular weight excluding hydrogens is 244 g/mol. The summed E-state index contributed by atoms with van der Waals surface area (Å²) >= 11 is 0. The lowest BCUT2D eigenvalue weighted by Crippen LogP contribution is -2.45. The summed E-state index contributed by atoms with van der Waals surface area (Å²) in [6, 6.07) is 0.171. The van der Waals surface area contributed by atoms with Gasteiger partial charge in [-0.2, -0.15) is 0 Å². The van der Waals surface area contributed by atoms with Crippen LogP contribution in [0.25, 0.3) is 0 Å². The molecule has 0 aliphatic rings. The molecule has 0 fully saturated rings. The molecule has 1 unspecified atom stereocenters. The van der Waals surface area contributed by atoms with Crippen molar-refractivity contribution in [3.8, 4) is 0 Å². The SMILES string of the molecule is CCN(C(=O)Cn1cc(CN)nn1)C(C)CN(C)C. The van der Waals surface area contributed by atoms with E-state index in [1.165, 1.54) is 4.68 Å². The Morgan fingerprint density at radius 2 is 2.21 bits per heavy atom. The Labute approximate surface area is 114 Å². The van der Waals surface area contributed by atoms with E-state index in [4.69, 9.17) is 5.73 Å². The second kappa shape index (κ2) is 7.20. The topological polar surface area (TPSA) is 80.3 Å². The molecule has 0 saturated carbocycles. The van der Waals surface area contributed by atoms with Crippen molar-refractivity contribution in [3.63, 3.8) is 0 Å². The summed E-state index contributed by atoms with van der Waals surface area (Å²) in [6.45, 7) is 6.10. The molecule has 2 N–H and O–H groups in total. The molecule has 19 heavy (non-hydrogen) atoms. The van der Waals surface area contributed by atoms with E-state index in [2.05, 4.69) is 15.2 Å². The second-order valence-corrected chi connectivity index (χ2v) is 4.90. The first-order valence-electron chi connectivity index (χ1n) is 6.51. The summed E-state index contributed by atoms with van der Waals surface area (Å²) in [4.78, 5) is 16.2. The van der Waals surface area contributed by atoms with E-state index in [1.807, 2.05) is 32.8 Å². The normalized spacial score (nSPS) is 12.7. The minimum absolute atomic E-state index is 0.0466. The van der Waals surface area contributed by atoms with Gasteiger partial charge in [-0.15, -0.1) is 5.10 Å². The average Bonchev–Trinajstić information content (AvgIpc) is 2.76. The molecular formula is C12H24N6O. The Kier molecular flexibility index (Phi) is 5.91. The van der Waals surface area contributed by atoms with Crippen LogP contribution in [-0.2, 0) is 17.9 Å². The first-order chi connectivity index (χ1) is 8.97. The summed E-state index contributed by atoms with van der Waals surface area (Å²) in [5, 5.41) is 7.77. The van der Waals surface area contributed by atoms with Gasteiger partial charge in [-0.3, -0.25) is 4.79 Å². The molecule has 0 aliphatic carbocycles. The predicted octanol–water partition coefficient (Wildman–Crippen LogP) is -0.465. The van der Waals surface area contributed by atoms with Crippen LogP contribution in [-0.4, -0.2) is 63.9 Å². The van der Waals surface area contributed by atoms with Gasteiger partial charge < -0.3 is 15.5 Å². The standard InChI is InChI=1S/C12H24N6O/c1-5-18(10(2)7-16(3)4)12(19)9-17-8-11(6-13)14-15-17/h8,10H,5-7,9,13H2,1-4H3. The lowest BCUT2D eigenvalue weighted by Gasteiger charge is -2.30. The number of rotatable bonds is 7. The van der Waals surface area contributed by atoms with E-state index in [9.17, 15) is 4.79 Å². The molecule has 7 nitrogen and oxygen atoms in total. The van der Waals surface area contributed by atoms with Crippen molar-refractivity contribution >= 4 is 5.91 Å². The number of nitrogens with two attached hydrogens (primary N) is 1. The highest BCUT2D eigenvalue weighted by Gasteiger charge is 2.19. The van der Waals surface area contributed by atoms with Crippen LogP contribution in [0.3, 0.4) is 0 Å². The molecule has 0 aliphatic heterocycles. The zero-order valence-electron chi connectivity index (χ0n) is 12.2. The van der Waals surface area contributed by atoms with Gasteiger partial charge in [0, 0.05) is 25.7 Å². The molecule has 1 aromatic rings. The van der Waals surface area contributed by atoms with Gasteiger partial charge in [0.2, 0.25) is 5.91 Å². The highest BCUT2D eigenvalue weighted by molar-refractivity contribution is 5.76. The van der Waals surface area contributed by atoms with E-state index in [0.717, 1.165) is 6.54 Å². The van der Waals surface area contributed by atoms with Crippen molar-refractivity contribution in [2.24, 2.45) is 5.73 Å². The number of amides is 1. The number of aromatic nitrogens is 3. The fourth-order valence-electron chi connectivity index (χ4n) is 2.10. The third kappa shape index (κ3) is 4.60. The van der Waals surface area contributed by atoms with Gasteiger partial charge in [0.1, 0.15) is 6.54 Å². The smallest absolute Gasteiger partial charge is 0.244 e. The molecule has 0 radical (unpaired) electrons. The number of hydrogen-bond donors (Lipinski definition) is 1. The van der Waals surface area contributed by atoms with Crippen molar-refractivity contribution in [2.75, 3.05) is 27.2 Å². The molecule has 1 rings (SSSR count). The third-order valence-corrected chi connectivity index (χ3v) is 2.91. The summed E-state index contributed by atoms with van der Waals surface area (Å²) < 4.78 is 1.54. The minimum Gasteiger partial charge on any atom is -0.337 e. The van der Waals surface area contributed by atoms with Crippen molar-refractivity contribution in [3.05, 3.63) is 11.9 Å². The van der Waals surface area contributed by atoms with Crippen molar-refractivity contribution < 1.29 is 4.79 Å². The predicted molar refractivity (Wildman–Crippen MR) is 73.3 cm³/mol. The van der Waals surface area contributed by atoms with Gasteiger partial charge in [-0.1, -0.05) is 5.21 Å². The Bertz CT molecular complexity index is 403. The average molecular weight is 268 g/mol. The molecule has 1 amide bonds. The second-order valence-electron chi connectivity index (χ2n) is 4.90. The van der Waals surface area contributed by atoms with Gasteiger partial charge >= 0.3 is 0 Å². The summed E-state index contributed by atoms with van der Waals surface area (Å²) in [5.74, 6) is 0.0466. The highest BCUT2D eigenvalue weighted by atomic mass is 16.2. The Balaban J connectivity index is 2.63. The first-order valence-corrected chi connectivity index (χ1v) is 6.51. The van der Waals surface area contributed by atoms with Crippen LogP contribution in [0.5, 0.6) is 0 Å². The van der Waals surface area contributed by atoms with Crippen LogP contribution in [0.4, 0.5) is 0 Å². The maximum absolute atomic E-state index is 12.3. The van der Waals surface area contributed by atoms with Gasteiger partial charge in [-0.25, -0.2) is 4.68 Å². The largest absolute Gasteiger partial charge is 0.337 e. The van der Waals surface area contributed by atoms with Gasteiger partial charge in [0.05, 0.1) is 11.9 Å². The highest BCUT2D eigenvalue weighted by Crippen LogP contribution is 2.03. The van der Waals surface area contributed by atoms with Gasteiger partial charge in [0.15, 0.2) is 0 Å². The number of carbonyl (C=O) groups excluding carboxylic acids is 1. The number of nitrogens with zero attached hydrogens (tertiary/aromatic N) is 5. The summed E-state index contributed by atoms with van der Waals surface area (Å²) in [5.41, 5.74) is 6.16. The van der Waals surface area contributed by atoms with Crippen LogP contribution < -0.4 is 5.73 Å². The fourth-order valence-corrected chi connectivity index (χ4v) is 2.10. The lowest BCUT2D eigenvalue weighted by atomic mass is 10.2. The molecule has 0 spiro atoms. The van der Waals surface area contributed by atoms with Crippen LogP contribution in [0.1, 0.15) is 19.5 Å². The van der Waals surface area contributed by atoms with Crippen LogP contribution in [0, 0.1) is 0 Å². The van der Waals surface area contributed by atoms with E-state index >= 15 is 0 Å². The molecule has 1 atom stereocenters. The van der Waals surface area contributed by atoms with Crippen molar-refractivity contribution in [2.45, 2.75) is 33.0 Å². The molecule has 0 aromatic carbocycles. The van der Waals surface area contributed by atoms with Crippen molar-refractivity contribution in [1.29, 1.82) is 0 Å². The van der Waals surface area contributed by atoms with E-state index in [1.54, 1.807) is 6.20 Å². The van der Waals surface area contributed by atoms with Crippen LogP contribution in [0.15, 0.2) is 6.20 Å². The zero-order chi connectivity index (χ0) is 14.4. The number of hydrogen-bond acceptors (Lipinski definition) is 5. The van der Waals surface area contributed by atoms with E-state index in [-0.39, 0.29) is 18.5 Å². The molecule has 0 bridgehead atoms. The maximum atomic E-state index is 12.3. The molecule has 7 heteroatoms. The molecule has 1 heterocycles. The summed E-state index contributed by atoms with van der Waals surface area (Å²) in [6.07, 6.45) is 1.71. The Morgan fingerprint density at radius 3 is 2.68 bits per heavy atom. The summed E-state index contributed by atoms with van der Waals surface area (Å²) in [7, 11) is 4.00. The number of carbonyl (C=O) groups is 1. The van der Waals surface area contributed by atoms with E-state index in [0.29, 0.717) is 18.8 Å². The lowest BCUT2D eigenvalue weighted by molar-refractivity contribution is -0.134. The molecule has 1 aromatic heterocycles. The first kappa shape index (κ1) is 15.6. The maximum Gasteiger partial charge on any atom is 0.244 e. The Morgan fingerprint density at radius 1 is 1.53 bits per heavy atom. The van der Waals surface area contributed by atoms with Gasteiger partial charge in [0.25, 0.3) is 0 Å².